The SMILES string of the molecule is CC(N)c1nc(COc2cccc(Cl)c2)no1. The van der Waals surface area contributed by atoms with Crippen LogP contribution >= 0.6 is 11.6 Å². The zero-order valence-electron chi connectivity index (χ0n) is 9.26. The van der Waals surface area contributed by atoms with Crippen LogP contribution < -0.4 is 10.5 Å². The molecule has 0 aliphatic carbocycles. The molecule has 1 heterocycles. The summed E-state index contributed by atoms with van der Waals surface area (Å²) < 4.78 is 10.4. The van der Waals surface area contributed by atoms with Gasteiger partial charge in [-0.15, -0.1) is 0 Å². The number of benzene rings is 1. The zero-order valence-corrected chi connectivity index (χ0v) is 10.0. The van der Waals surface area contributed by atoms with Crippen LogP contribution in [-0.2, 0) is 6.61 Å². The first-order chi connectivity index (χ1) is 8.15. The molecule has 2 rings (SSSR count). The molecule has 0 amide bonds. The van der Waals surface area contributed by atoms with E-state index in [0.29, 0.717) is 22.5 Å². The number of nitrogens with two attached hydrogens (primary N) is 1. The minimum absolute atomic E-state index is 0.219. The first kappa shape index (κ1) is 11.9. The third-order valence-electron chi connectivity index (χ3n) is 2.04. The van der Waals surface area contributed by atoms with Crippen molar-refractivity contribution in [1.29, 1.82) is 0 Å². The quantitative estimate of drug-likeness (QED) is 0.905. The van der Waals surface area contributed by atoms with E-state index in [-0.39, 0.29) is 12.6 Å². The molecule has 17 heavy (non-hydrogen) atoms. The molecule has 2 aromatic rings. The van der Waals surface area contributed by atoms with Crippen LogP contribution in [0.5, 0.6) is 5.75 Å². The Morgan fingerprint density at radius 1 is 1.53 bits per heavy atom. The molecule has 0 bridgehead atoms. The highest BCUT2D eigenvalue weighted by atomic mass is 35.5. The van der Waals surface area contributed by atoms with Crippen molar-refractivity contribution in [3.63, 3.8) is 0 Å². The van der Waals surface area contributed by atoms with E-state index < -0.39 is 0 Å². The Morgan fingerprint density at radius 3 is 3.00 bits per heavy atom. The number of hydrogen-bond donors (Lipinski definition) is 1. The average molecular weight is 254 g/mol. The van der Waals surface area contributed by atoms with Gasteiger partial charge in [0.25, 0.3) is 0 Å². The molecule has 6 heteroatoms. The summed E-state index contributed by atoms with van der Waals surface area (Å²) in [7, 11) is 0. The minimum atomic E-state index is -0.276. The van der Waals surface area contributed by atoms with E-state index in [1.165, 1.54) is 0 Å². The number of aromatic nitrogens is 2. The number of ether oxygens (including phenoxy) is 1. The van der Waals surface area contributed by atoms with Gasteiger partial charge >= 0.3 is 0 Å². The van der Waals surface area contributed by atoms with Crippen molar-refractivity contribution in [3.05, 3.63) is 41.0 Å². The summed E-state index contributed by atoms with van der Waals surface area (Å²) in [5.74, 6) is 1.51. The van der Waals surface area contributed by atoms with Gasteiger partial charge in [0, 0.05) is 5.02 Å². The van der Waals surface area contributed by atoms with E-state index in [4.69, 9.17) is 26.6 Å². The predicted octanol–water partition coefficient (Wildman–Crippen LogP) is 2.32. The molecule has 5 nitrogen and oxygen atoms in total. The van der Waals surface area contributed by atoms with Gasteiger partial charge in [-0.05, 0) is 25.1 Å². The second kappa shape index (κ2) is 5.16. The highest BCUT2D eigenvalue weighted by molar-refractivity contribution is 6.30. The zero-order chi connectivity index (χ0) is 12.3. The summed E-state index contributed by atoms with van der Waals surface area (Å²) >= 11 is 5.83. The minimum Gasteiger partial charge on any atom is -0.485 e. The lowest BCUT2D eigenvalue weighted by Gasteiger charge is -2.02. The summed E-state index contributed by atoms with van der Waals surface area (Å²) in [4.78, 5) is 4.09. The number of nitrogens with zero attached hydrogens (tertiary/aromatic N) is 2. The molecule has 0 aliphatic rings. The van der Waals surface area contributed by atoms with Crippen molar-refractivity contribution >= 4 is 11.6 Å². The Hall–Kier alpha value is -1.59. The molecule has 1 aromatic heterocycles. The number of halogens is 1. The van der Waals surface area contributed by atoms with Gasteiger partial charge in [-0.2, -0.15) is 4.98 Å². The summed E-state index contributed by atoms with van der Waals surface area (Å²) in [6, 6.07) is 6.83. The monoisotopic (exact) mass is 253 g/mol. The fourth-order valence-electron chi connectivity index (χ4n) is 1.22. The van der Waals surface area contributed by atoms with Gasteiger partial charge in [0.15, 0.2) is 6.61 Å². The molecule has 90 valence electrons. The highest BCUT2D eigenvalue weighted by Gasteiger charge is 2.10. The van der Waals surface area contributed by atoms with Gasteiger partial charge in [0.2, 0.25) is 11.7 Å². The topological polar surface area (TPSA) is 74.2 Å². The lowest BCUT2D eigenvalue weighted by Crippen LogP contribution is -2.05. The van der Waals surface area contributed by atoms with Crippen LogP contribution in [0.4, 0.5) is 0 Å². The molecule has 0 saturated heterocycles. The Labute approximate surface area is 104 Å². The van der Waals surface area contributed by atoms with Crippen LogP contribution in [0.25, 0.3) is 0 Å². The van der Waals surface area contributed by atoms with Crippen molar-refractivity contribution in [1.82, 2.24) is 10.1 Å². The van der Waals surface area contributed by atoms with Gasteiger partial charge in [0.05, 0.1) is 6.04 Å². The largest absolute Gasteiger partial charge is 0.485 e. The molecule has 0 fully saturated rings. The highest BCUT2D eigenvalue weighted by Crippen LogP contribution is 2.18. The van der Waals surface area contributed by atoms with Crippen LogP contribution in [0.1, 0.15) is 24.7 Å². The number of hydrogen-bond acceptors (Lipinski definition) is 5. The Kier molecular flexibility index (Phi) is 3.61. The van der Waals surface area contributed by atoms with Gasteiger partial charge in [0.1, 0.15) is 5.75 Å². The molecular weight excluding hydrogens is 242 g/mol. The van der Waals surface area contributed by atoms with Crippen molar-refractivity contribution < 1.29 is 9.26 Å². The van der Waals surface area contributed by atoms with E-state index >= 15 is 0 Å². The van der Waals surface area contributed by atoms with E-state index in [9.17, 15) is 0 Å². The maximum atomic E-state index is 5.83. The van der Waals surface area contributed by atoms with E-state index in [1.54, 1.807) is 31.2 Å². The summed E-state index contributed by atoms with van der Waals surface area (Å²) in [6.07, 6.45) is 0. The normalized spacial score (nSPS) is 12.4. The fraction of sp³-hybridized carbons (Fsp3) is 0.273. The van der Waals surface area contributed by atoms with E-state index in [2.05, 4.69) is 10.1 Å². The third kappa shape index (κ3) is 3.18. The molecule has 0 radical (unpaired) electrons. The summed E-state index contributed by atoms with van der Waals surface area (Å²) in [5.41, 5.74) is 5.60. The Balaban J connectivity index is 1.97. The smallest absolute Gasteiger partial charge is 0.243 e. The van der Waals surface area contributed by atoms with Crippen LogP contribution in [0.3, 0.4) is 0 Å². The lowest BCUT2D eigenvalue weighted by atomic mass is 10.3. The second-order valence-corrected chi connectivity index (χ2v) is 4.02. The third-order valence-corrected chi connectivity index (χ3v) is 2.27. The average Bonchev–Trinajstić information content (AvgIpc) is 2.75. The van der Waals surface area contributed by atoms with Crippen LogP contribution in [0.2, 0.25) is 5.02 Å². The van der Waals surface area contributed by atoms with E-state index in [1.807, 2.05) is 0 Å². The first-order valence-corrected chi connectivity index (χ1v) is 5.49. The maximum Gasteiger partial charge on any atom is 0.243 e. The van der Waals surface area contributed by atoms with Crippen LogP contribution in [-0.4, -0.2) is 10.1 Å². The lowest BCUT2D eigenvalue weighted by molar-refractivity contribution is 0.284. The van der Waals surface area contributed by atoms with Crippen molar-refractivity contribution in [2.24, 2.45) is 5.73 Å². The fourth-order valence-corrected chi connectivity index (χ4v) is 1.40. The Bertz CT molecular complexity index is 499. The van der Waals surface area contributed by atoms with Crippen molar-refractivity contribution in [2.45, 2.75) is 19.6 Å². The van der Waals surface area contributed by atoms with Crippen LogP contribution in [0.15, 0.2) is 28.8 Å². The molecule has 0 spiro atoms. The molecule has 0 saturated carbocycles. The van der Waals surface area contributed by atoms with Crippen LogP contribution in [0, 0.1) is 0 Å². The first-order valence-electron chi connectivity index (χ1n) is 5.11. The maximum absolute atomic E-state index is 5.83. The van der Waals surface area contributed by atoms with Crippen molar-refractivity contribution in [2.75, 3.05) is 0 Å². The molecule has 1 unspecified atom stereocenters. The Morgan fingerprint density at radius 2 is 2.35 bits per heavy atom. The van der Waals surface area contributed by atoms with Crippen molar-refractivity contribution in [3.8, 4) is 5.75 Å². The molecule has 1 aromatic carbocycles. The standard InChI is InChI=1S/C11H12ClN3O2/c1-7(13)11-14-10(15-17-11)6-16-9-4-2-3-8(12)5-9/h2-5,7H,6,13H2,1H3. The van der Waals surface area contributed by atoms with Gasteiger partial charge < -0.3 is 15.0 Å². The number of rotatable bonds is 4. The predicted molar refractivity (Wildman–Crippen MR) is 62.7 cm³/mol. The molecule has 1 atom stereocenters. The molecule has 2 N–H and O–H groups in total. The van der Waals surface area contributed by atoms with Gasteiger partial charge in [-0.1, -0.05) is 22.8 Å². The second-order valence-electron chi connectivity index (χ2n) is 3.58. The summed E-state index contributed by atoms with van der Waals surface area (Å²) in [6.45, 7) is 1.99. The molecule has 0 aliphatic heterocycles. The molecular formula is C11H12ClN3O2. The van der Waals surface area contributed by atoms with Gasteiger partial charge in [-0.3, -0.25) is 0 Å². The van der Waals surface area contributed by atoms with E-state index in [0.717, 1.165) is 0 Å². The van der Waals surface area contributed by atoms with Gasteiger partial charge in [-0.25, -0.2) is 0 Å². The summed E-state index contributed by atoms with van der Waals surface area (Å²) in [5, 5.41) is 4.37.